The zero-order valence-corrected chi connectivity index (χ0v) is 16.3. The van der Waals surface area contributed by atoms with Gasteiger partial charge in [-0.25, -0.2) is 9.97 Å². The van der Waals surface area contributed by atoms with Gasteiger partial charge in [-0.3, -0.25) is 0 Å². The van der Waals surface area contributed by atoms with Crippen LogP contribution in [0.1, 0.15) is 18.4 Å². The second kappa shape index (κ2) is 7.78. The second-order valence-corrected chi connectivity index (χ2v) is 7.44. The average Bonchev–Trinajstić information content (AvgIpc) is 2.86. The number of hydrogen-bond acceptors (Lipinski definition) is 7. The maximum absolute atomic E-state index is 6.19. The molecule has 0 aliphatic carbocycles. The van der Waals surface area contributed by atoms with Crippen LogP contribution >= 0.6 is 11.6 Å². The number of likely N-dealkylation sites (tertiary alicyclic amines) is 1. The fraction of sp³-hybridized carbons (Fsp3) is 0.474. The predicted octanol–water partition coefficient (Wildman–Crippen LogP) is 3.53. The summed E-state index contributed by atoms with van der Waals surface area (Å²) in [6.45, 7) is 3.56. The van der Waals surface area contributed by atoms with Gasteiger partial charge in [-0.05, 0) is 50.5 Å². The molecule has 2 aliphatic heterocycles. The molecule has 4 rings (SSSR count). The largest absolute Gasteiger partial charge is 0.493 e. The Hall–Kier alpha value is -2.25. The monoisotopic (exact) mass is 389 g/mol. The van der Waals surface area contributed by atoms with E-state index in [4.69, 9.17) is 21.1 Å². The Labute approximate surface area is 164 Å². The van der Waals surface area contributed by atoms with E-state index < -0.39 is 0 Å². The highest BCUT2D eigenvalue weighted by molar-refractivity contribution is 6.32. The van der Waals surface area contributed by atoms with E-state index in [9.17, 15) is 0 Å². The third-order valence-corrected chi connectivity index (χ3v) is 5.50. The summed E-state index contributed by atoms with van der Waals surface area (Å²) in [5, 5.41) is 7.01. The van der Waals surface area contributed by atoms with Crippen molar-refractivity contribution in [3.05, 3.63) is 29.2 Å². The molecular formula is C19H24ClN5O2. The van der Waals surface area contributed by atoms with Gasteiger partial charge < -0.3 is 25.0 Å². The van der Waals surface area contributed by atoms with Crippen molar-refractivity contribution in [1.29, 1.82) is 0 Å². The molecule has 0 radical (unpaired) electrons. The minimum atomic E-state index is 0.394. The maximum atomic E-state index is 6.19. The molecule has 2 aliphatic rings. The van der Waals surface area contributed by atoms with Crippen molar-refractivity contribution in [1.82, 2.24) is 14.9 Å². The Bertz CT molecular complexity index is 824. The summed E-state index contributed by atoms with van der Waals surface area (Å²) in [7, 11) is 3.83. The molecular weight excluding hydrogens is 366 g/mol. The Morgan fingerprint density at radius 2 is 2.04 bits per heavy atom. The molecule has 7 nitrogen and oxygen atoms in total. The van der Waals surface area contributed by atoms with Crippen molar-refractivity contribution < 1.29 is 9.47 Å². The molecule has 0 spiro atoms. The van der Waals surface area contributed by atoms with E-state index in [0.717, 1.165) is 30.1 Å². The normalized spacial score (nSPS) is 17.1. The van der Waals surface area contributed by atoms with Gasteiger partial charge in [0.1, 0.15) is 12.0 Å². The number of anilines is 3. The molecule has 2 aromatic rings. The first-order valence-corrected chi connectivity index (χ1v) is 9.55. The smallest absolute Gasteiger partial charge is 0.162 e. The number of aromatic nitrogens is 2. The third kappa shape index (κ3) is 3.89. The van der Waals surface area contributed by atoms with Gasteiger partial charge in [0.05, 0.1) is 13.7 Å². The van der Waals surface area contributed by atoms with Gasteiger partial charge in [-0.1, -0.05) is 11.6 Å². The fourth-order valence-electron chi connectivity index (χ4n) is 3.50. The molecule has 3 heterocycles. The summed E-state index contributed by atoms with van der Waals surface area (Å²) in [5.74, 6) is 2.70. The molecule has 1 fully saturated rings. The molecule has 27 heavy (non-hydrogen) atoms. The Kier molecular flexibility index (Phi) is 5.22. The lowest BCUT2D eigenvalue weighted by atomic mass is 9.98. The highest BCUT2D eigenvalue weighted by Gasteiger charge is 2.21. The topological polar surface area (TPSA) is 71.5 Å². The van der Waals surface area contributed by atoms with E-state index >= 15 is 0 Å². The Morgan fingerprint density at radius 1 is 1.22 bits per heavy atom. The van der Waals surface area contributed by atoms with Gasteiger partial charge >= 0.3 is 0 Å². The highest BCUT2D eigenvalue weighted by atomic mass is 35.5. The lowest BCUT2D eigenvalue weighted by Crippen LogP contribution is -2.32. The van der Waals surface area contributed by atoms with Gasteiger partial charge in [0.2, 0.25) is 0 Å². The Balaban J connectivity index is 1.54. The lowest BCUT2D eigenvalue weighted by molar-refractivity contribution is 0.157. The third-order valence-electron chi connectivity index (χ3n) is 5.21. The van der Waals surface area contributed by atoms with Crippen molar-refractivity contribution in [3.63, 3.8) is 0 Å². The van der Waals surface area contributed by atoms with E-state index in [1.54, 1.807) is 7.11 Å². The van der Waals surface area contributed by atoms with Crippen LogP contribution in [0.25, 0.3) is 0 Å². The number of fused-ring (bicyclic) bond motifs is 2. The van der Waals surface area contributed by atoms with Crippen LogP contribution in [0.4, 0.5) is 17.2 Å². The number of hydrogen-bond donors (Lipinski definition) is 2. The predicted molar refractivity (Wildman–Crippen MR) is 106 cm³/mol. The summed E-state index contributed by atoms with van der Waals surface area (Å²) < 4.78 is 11.7. The first-order valence-electron chi connectivity index (χ1n) is 9.17. The fourth-order valence-corrected chi connectivity index (χ4v) is 3.70. The maximum Gasteiger partial charge on any atom is 0.162 e. The standard InChI is InChI=1S/C19H24ClN5O2/c1-25-5-3-12(4-6-25)10-27-16-7-13-9-21-17-18(20)22-11-23-19(17)24-14(13)8-15(16)26-2/h7-8,11-12,21H,3-6,9-10H2,1-2H3,(H,22,23,24). The minimum Gasteiger partial charge on any atom is -0.493 e. The number of piperidine rings is 1. The molecule has 1 aromatic heterocycles. The summed E-state index contributed by atoms with van der Waals surface area (Å²) in [6.07, 6.45) is 3.77. The molecule has 8 heteroatoms. The van der Waals surface area contributed by atoms with Gasteiger partial charge in [0.25, 0.3) is 0 Å². The molecule has 1 saturated heterocycles. The second-order valence-electron chi connectivity index (χ2n) is 7.08. The quantitative estimate of drug-likeness (QED) is 0.775. The molecule has 0 unspecified atom stereocenters. The lowest BCUT2D eigenvalue weighted by Gasteiger charge is -2.29. The molecule has 2 N–H and O–H groups in total. The van der Waals surface area contributed by atoms with Gasteiger partial charge in [0, 0.05) is 18.3 Å². The Morgan fingerprint density at radius 3 is 2.81 bits per heavy atom. The van der Waals surface area contributed by atoms with E-state index in [-0.39, 0.29) is 0 Å². The first-order chi connectivity index (χ1) is 13.1. The van der Waals surface area contributed by atoms with Crippen LogP contribution in [-0.2, 0) is 6.54 Å². The zero-order chi connectivity index (χ0) is 18.8. The van der Waals surface area contributed by atoms with Crippen LogP contribution in [0.15, 0.2) is 18.5 Å². The molecule has 0 atom stereocenters. The van der Waals surface area contributed by atoms with Crippen LogP contribution < -0.4 is 20.1 Å². The first kappa shape index (κ1) is 18.1. The van der Waals surface area contributed by atoms with Crippen molar-refractivity contribution in [3.8, 4) is 11.5 Å². The molecule has 0 bridgehead atoms. The summed E-state index contributed by atoms with van der Waals surface area (Å²) >= 11 is 6.19. The van der Waals surface area contributed by atoms with Crippen LogP contribution in [-0.4, -0.2) is 48.7 Å². The van der Waals surface area contributed by atoms with E-state index in [2.05, 4.69) is 32.5 Å². The average molecular weight is 390 g/mol. The summed E-state index contributed by atoms with van der Waals surface area (Å²) in [6, 6.07) is 3.97. The van der Waals surface area contributed by atoms with Crippen molar-refractivity contribution in [2.24, 2.45) is 5.92 Å². The van der Waals surface area contributed by atoms with Gasteiger partial charge in [0.15, 0.2) is 22.5 Å². The number of ether oxygens (including phenoxy) is 2. The molecule has 144 valence electrons. The van der Waals surface area contributed by atoms with E-state index in [0.29, 0.717) is 41.5 Å². The number of benzene rings is 1. The number of halogens is 1. The van der Waals surface area contributed by atoms with Crippen LogP contribution in [0, 0.1) is 5.92 Å². The molecule has 1 aromatic carbocycles. The number of nitrogens with one attached hydrogen (secondary N) is 2. The number of methoxy groups -OCH3 is 1. The van der Waals surface area contributed by atoms with Gasteiger partial charge in [-0.2, -0.15) is 0 Å². The van der Waals surface area contributed by atoms with Gasteiger partial charge in [-0.15, -0.1) is 0 Å². The number of rotatable bonds is 4. The zero-order valence-electron chi connectivity index (χ0n) is 15.6. The minimum absolute atomic E-state index is 0.394. The molecule has 0 saturated carbocycles. The SMILES string of the molecule is COc1cc2c(cc1OCC1CCN(C)CC1)CNc1c(Cl)ncnc1N2. The van der Waals surface area contributed by atoms with E-state index in [1.807, 2.05) is 12.1 Å². The number of nitrogens with zero attached hydrogens (tertiary/aromatic N) is 3. The summed E-state index contributed by atoms with van der Waals surface area (Å²) in [5.41, 5.74) is 2.67. The molecule has 0 amide bonds. The van der Waals surface area contributed by atoms with Crippen molar-refractivity contribution in [2.45, 2.75) is 19.4 Å². The van der Waals surface area contributed by atoms with Crippen molar-refractivity contribution >= 4 is 28.8 Å². The van der Waals surface area contributed by atoms with Crippen LogP contribution in [0.5, 0.6) is 11.5 Å². The van der Waals surface area contributed by atoms with E-state index in [1.165, 1.54) is 19.2 Å². The van der Waals surface area contributed by atoms with Crippen LogP contribution in [0.3, 0.4) is 0 Å². The van der Waals surface area contributed by atoms with Crippen LogP contribution in [0.2, 0.25) is 5.15 Å². The summed E-state index contributed by atoms with van der Waals surface area (Å²) in [4.78, 5) is 10.7. The van der Waals surface area contributed by atoms with Crippen molar-refractivity contribution in [2.75, 3.05) is 44.5 Å². The highest BCUT2D eigenvalue weighted by Crippen LogP contribution is 2.39.